The molecule has 0 aliphatic carbocycles. The fraction of sp³-hybridized carbons (Fsp3) is 0.143. The van der Waals surface area contributed by atoms with E-state index in [1.807, 2.05) is 5.38 Å². The van der Waals surface area contributed by atoms with Crippen molar-refractivity contribution in [1.29, 1.82) is 0 Å². The SMILES string of the molecule is COc1ccc(NC(=O)c2sccc2C#CCN)cn1. The number of methoxy groups -OCH3 is 1. The van der Waals surface area contributed by atoms with Crippen LogP contribution in [0.25, 0.3) is 0 Å². The molecule has 102 valence electrons. The molecular formula is C14H13N3O2S. The molecule has 2 aromatic rings. The third-order valence-electron chi connectivity index (χ3n) is 2.40. The zero-order valence-corrected chi connectivity index (χ0v) is 11.7. The van der Waals surface area contributed by atoms with Gasteiger partial charge in [-0.2, -0.15) is 0 Å². The van der Waals surface area contributed by atoms with Crippen LogP contribution < -0.4 is 15.8 Å². The van der Waals surface area contributed by atoms with Crippen molar-refractivity contribution >= 4 is 22.9 Å². The second-order valence-electron chi connectivity index (χ2n) is 3.71. The van der Waals surface area contributed by atoms with Gasteiger partial charge < -0.3 is 15.8 Å². The molecule has 0 fully saturated rings. The molecule has 0 saturated heterocycles. The maximum Gasteiger partial charge on any atom is 0.267 e. The Hall–Kier alpha value is -2.36. The summed E-state index contributed by atoms with van der Waals surface area (Å²) >= 11 is 1.33. The highest BCUT2D eigenvalue weighted by molar-refractivity contribution is 7.12. The van der Waals surface area contributed by atoms with E-state index in [4.69, 9.17) is 10.5 Å². The first-order valence-corrected chi connectivity index (χ1v) is 6.70. The van der Waals surface area contributed by atoms with Crippen LogP contribution in [-0.2, 0) is 0 Å². The molecule has 2 heterocycles. The van der Waals surface area contributed by atoms with E-state index < -0.39 is 0 Å². The van der Waals surface area contributed by atoms with Crippen molar-refractivity contribution in [2.75, 3.05) is 19.0 Å². The van der Waals surface area contributed by atoms with Crippen LogP contribution in [0.5, 0.6) is 5.88 Å². The summed E-state index contributed by atoms with van der Waals surface area (Å²) in [5, 5.41) is 4.59. The summed E-state index contributed by atoms with van der Waals surface area (Å²) in [5.41, 5.74) is 6.61. The third kappa shape index (κ3) is 3.35. The number of amides is 1. The zero-order valence-electron chi connectivity index (χ0n) is 10.8. The summed E-state index contributed by atoms with van der Waals surface area (Å²) in [6.45, 7) is 0.263. The number of hydrogen-bond donors (Lipinski definition) is 2. The molecule has 6 heteroatoms. The minimum Gasteiger partial charge on any atom is -0.481 e. The number of carbonyl (C=O) groups excluding carboxylic acids is 1. The van der Waals surface area contributed by atoms with Gasteiger partial charge in [-0.3, -0.25) is 4.79 Å². The molecule has 2 rings (SSSR count). The van der Waals surface area contributed by atoms with Gasteiger partial charge >= 0.3 is 0 Å². The smallest absolute Gasteiger partial charge is 0.267 e. The molecule has 0 radical (unpaired) electrons. The van der Waals surface area contributed by atoms with E-state index >= 15 is 0 Å². The van der Waals surface area contributed by atoms with Gasteiger partial charge in [-0.25, -0.2) is 4.98 Å². The first-order chi connectivity index (χ1) is 9.74. The predicted octanol–water partition coefficient (Wildman–Crippen LogP) is 1.71. The Labute approximate surface area is 120 Å². The van der Waals surface area contributed by atoms with Crippen molar-refractivity contribution in [3.05, 3.63) is 40.2 Å². The average molecular weight is 287 g/mol. The van der Waals surface area contributed by atoms with Crippen LogP contribution in [0, 0.1) is 11.8 Å². The minimum atomic E-state index is -0.215. The molecule has 20 heavy (non-hydrogen) atoms. The number of nitrogens with two attached hydrogens (primary N) is 1. The van der Waals surface area contributed by atoms with Crippen LogP contribution in [0.1, 0.15) is 15.2 Å². The molecule has 3 N–H and O–H groups in total. The van der Waals surface area contributed by atoms with E-state index in [2.05, 4.69) is 22.1 Å². The van der Waals surface area contributed by atoms with Gasteiger partial charge in [-0.15, -0.1) is 11.3 Å². The topological polar surface area (TPSA) is 77.2 Å². The number of anilines is 1. The number of nitrogens with zero attached hydrogens (tertiary/aromatic N) is 1. The Morgan fingerprint density at radius 1 is 1.50 bits per heavy atom. The Bertz CT molecular complexity index is 653. The Morgan fingerprint density at radius 3 is 3.00 bits per heavy atom. The second kappa shape index (κ2) is 6.70. The fourth-order valence-electron chi connectivity index (χ4n) is 1.49. The van der Waals surface area contributed by atoms with Crippen LogP contribution in [0.3, 0.4) is 0 Å². The molecule has 0 aliphatic rings. The number of thiophene rings is 1. The van der Waals surface area contributed by atoms with E-state index in [9.17, 15) is 4.79 Å². The van der Waals surface area contributed by atoms with Crippen molar-refractivity contribution in [2.24, 2.45) is 5.73 Å². The highest BCUT2D eigenvalue weighted by Crippen LogP contribution is 2.18. The van der Waals surface area contributed by atoms with E-state index in [0.29, 0.717) is 22.0 Å². The number of rotatable bonds is 3. The summed E-state index contributed by atoms with van der Waals surface area (Å²) in [5.74, 6) is 5.90. The van der Waals surface area contributed by atoms with Crippen molar-refractivity contribution in [2.45, 2.75) is 0 Å². The lowest BCUT2D eigenvalue weighted by Gasteiger charge is -2.04. The van der Waals surface area contributed by atoms with Gasteiger partial charge in [0, 0.05) is 11.6 Å². The van der Waals surface area contributed by atoms with Crippen LogP contribution >= 0.6 is 11.3 Å². The van der Waals surface area contributed by atoms with Gasteiger partial charge in [0.15, 0.2) is 0 Å². The van der Waals surface area contributed by atoms with Crippen molar-refractivity contribution < 1.29 is 9.53 Å². The lowest BCUT2D eigenvalue weighted by atomic mass is 10.2. The van der Waals surface area contributed by atoms with Crippen molar-refractivity contribution in [1.82, 2.24) is 4.98 Å². The van der Waals surface area contributed by atoms with Gasteiger partial charge in [-0.05, 0) is 17.5 Å². The third-order valence-corrected chi connectivity index (χ3v) is 3.31. The maximum atomic E-state index is 12.2. The first kappa shape index (κ1) is 14.1. The lowest BCUT2D eigenvalue weighted by Crippen LogP contribution is -2.11. The molecule has 0 bridgehead atoms. The number of ether oxygens (including phenoxy) is 1. The van der Waals surface area contributed by atoms with E-state index in [1.54, 1.807) is 18.2 Å². The predicted molar refractivity (Wildman–Crippen MR) is 79.0 cm³/mol. The highest BCUT2D eigenvalue weighted by Gasteiger charge is 2.12. The van der Waals surface area contributed by atoms with E-state index in [-0.39, 0.29) is 12.5 Å². The van der Waals surface area contributed by atoms with Gasteiger partial charge in [0.1, 0.15) is 4.88 Å². The fourth-order valence-corrected chi connectivity index (χ4v) is 2.24. The van der Waals surface area contributed by atoms with Gasteiger partial charge in [-0.1, -0.05) is 11.8 Å². The largest absolute Gasteiger partial charge is 0.481 e. The van der Waals surface area contributed by atoms with Crippen molar-refractivity contribution in [3.8, 4) is 17.7 Å². The number of carbonyl (C=O) groups is 1. The Balaban J connectivity index is 2.13. The number of nitrogens with one attached hydrogen (secondary N) is 1. The normalized spacial score (nSPS) is 9.50. The summed E-state index contributed by atoms with van der Waals surface area (Å²) < 4.78 is 4.96. The standard InChI is InChI=1S/C14H13N3O2S/c1-19-12-5-4-11(9-16-12)17-14(18)13-10(3-2-7-15)6-8-20-13/h4-6,8-9H,7,15H2,1H3,(H,17,18). The molecule has 0 atom stereocenters. The quantitative estimate of drug-likeness (QED) is 0.843. The van der Waals surface area contributed by atoms with Gasteiger partial charge in [0.05, 0.1) is 25.5 Å². The zero-order chi connectivity index (χ0) is 14.4. The molecule has 2 aromatic heterocycles. The molecular weight excluding hydrogens is 274 g/mol. The van der Waals surface area contributed by atoms with Gasteiger partial charge in [0.2, 0.25) is 5.88 Å². The minimum absolute atomic E-state index is 0.215. The number of hydrogen-bond acceptors (Lipinski definition) is 5. The molecule has 0 unspecified atom stereocenters. The van der Waals surface area contributed by atoms with E-state index in [0.717, 1.165) is 0 Å². The lowest BCUT2D eigenvalue weighted by molar-refractivity contribution is 0.103. The molecule has 0 saturated carbocycles. The first-order valence-electron chi connectivity index (χ1n) is 5.82. The maximum absolute atomic E-state index is 12.2. The second-order valence-corrected chi connectivity index (χ2v) is 4.63. The van der Waals surface area contributed by atoms with E-state index in [1.165, 1.54) is 24.6 Å². The average Bonchev–Trinajstić information content (AvgIpc) is 2.94. The Morgan fingerprint density at radius 2 is 2.35 bits per heavy atom. The highest BCUT2D eigenvalue weighted by atomic mass is 32.1. The van der Waals surface area contributed by atoms with Crippen LogP contribution in [-0.4, -0.2) is 24.5 Å². The Kier molecular flexibility index (Phi) is 4.71. The molecule has 0 spiro atoms. The van der Waals surface area contributed by atoms with Crippen LogP contribution in [0.15, 0.2) is 29.8 Å². The monoisotopic (exact) mass is 287 g/mol. The molecule has 0 aliphatic heterocycles. The van der Waals surface area contributed by atoms with Crippen LogP contribution in [0.4, 0.5) is 5.69 Å². The summed E-state index contributed by atoms with van der Waals surface area (Å²) in [6.07, 6.45) is 1.54. The molecule has 1 amide bonds. The number of aromatic nitrogens is 1. The van der Waals surface area contributed by atoms with Gasteiger partial charge in [0.25, 0.3) is 5.91 Å². The van der Waals surface area contributed by atoms with Crippen molar-refractivity contribution in [3.63, 3.8) is 0 Å². The summed E-state index contributed by atoms with van der Waals surface area (Å²) in [7, 11) is 1.54. The molecule has 0 aromatic carbocycles. The summed E-state index contributed by atoms with van der Waals surface area (Å²) in [4.78, 5) is 16.7. The van der Waals surface area contributed by atoms with Crippen LogP contribution in [0.2, 0.25) is 0 Å². The number of pyridine rings is 1. The molecule has 5 nitrogen and oxygen atoms in total. The summed E-state index contributed by atoms with van der Waals surface area (Å²) in [6, 6.07) is 5.20.